The second-order valence-corrected chi connectivity index (χ2v) is 8.76. The average molecular weight is 340 g/mol. The molecule has 0 saturated carbocycles. The maximum atomic E-state index is 13.2. The number of sulfonamides is 1. The summed E-state index contributed by atoms with van der Waals surface area (Å²) >= 11 is 0. The Morgan fingerprint density at radius 2 is 2.04 bits per heavy atom. The number of hydrogen-bond donors (Lipinski definition) is 0. The average Bonchev–Trinajstić information content (AvgIpc) is 2.47. The lowest BCUT2D eigenvalue weighted by Crippen LogP contribution is -2.39. The summed E-state index contributed by atoms with van der Waals surface area (Å²) in [6.45, 7) is 11.8. The fourth-order valence-electron chi connectivity index (χ4n) is 3.27. The highest BCUT2D eigenvalue weighted by Gasteiger charge is 2.31. The monoisotopic (exact) mass is 339 g/mol. The molecule has 0 aromatic heterocycles. The molecule has 1 fully saturated rings. The molecular formula is C18H29NO3S. The van der Waals surface area contributed by atoms with Crippen molar-refractivity contribution in [2.75, 3.05) is 19.7 Å². The highest BCUT2D eigenvalue weighted by Crippen LogP contribution is 2.34. The molecule has 0 N–H and O–H groups in total. The Kier molecular flexibility index (Phi) is 5.74. The molecular weight excluding hydrogens is 310 g/mol. The number of ether oxygens (including phenoxy) is 1. The molecule has 1 saturated heterocycles. The number of nitrogens with zero attached hydrogens (tertiary/aromatic N) is 1. The Morgan fingerprint density at radius 3 is 2.61 bits per heavy atom. The molecule has 1 aliphatic rings. The molecule has 1 aromatic carbocycles. The maximum Gasteiger partial charge on any atom is 0.246 e. The molecule has 1 heterocycles. The van der Waals surface area contributed by atoms with Crippen molar-refractivity contribution in [1.82, 2.24) is 4.31 Å². The van der Waals surface area contributed by atoms with Crippen LogP contribution < -0.4 is 4.74 Å². The van der Waals surface area contributed by atoms with Gasteiger partial charge in [0.1, 0.15) is 10.6 Å². The lowest BCUT2D eigenvalue weighted by Gasteiger charge is -2.31. The number of hydrogen-bond acceptors (Lipinski definition) is 3. The van der Waals surface area contributed by atoms with Crippen molar-refractivity contribution >= 4 is 10.0 Å². The van der Waals surface area contributed by atoms with E-state index in [2.05, 4.69) is 20.8 Å². The van der Waals surface area contributed by atoms with Crippen LogP contribution in [0.3, 0.4) is 0 Å². The van der Waals surface area contributed by atoms with Gasteiger partial charge in [-0.3, -0.25) is 0 Å². The van der Waals surface area contributed by atoms with Crippen LogP contribution >= 0.6 is 0 Å². The minimum atomic E-state index is -3.51. The summed E-state index contributed by atoms with van der Waals surface area (Å²) in [6, 6.07) is 3.69. The lowest BCUT2D eigenvalue weighted by molar-refractivity contribution is 0.278. The molecule has 5 heteroatoms. The minimum Gasteiger partial charge on any atom is -0.492 e. The summed E-state index contributed by atoms with van der Waals surface area (Å²) in [5.74, 6) is 1.16. The van der Waals surface area contributed by atoms with Gasteiger partial charge in [0, 0.05) is 13.1 Å². The van der Waals surface area contributed by atoms with Gasteiger partial charge in [-0.05, 0) is 61.8 Å². The third-order valence-electron chi connectivity index (χ3n) is 4.49. The van der Waals surface area contributed by atoms with Crippen LogP contribution in [-0.4, -0.2) is 32.4 Å². The minimum absolute atomic E-state index is 0.278. The van der Waals surface area contributed by atoms with Gasteiger partial charge in [0.05, 0.1) is 6.61 Å². The van der Waals surface area contributed by atoms with Crippen LogP contribution in [0.1, 0.15) is 57.6 Å². The summed E-state index contributed by atoms with van der Waals surface area (Å²) in [5.41, 5.74) is 2.14. The van der Waals surface area contributed by atoms with Crippen molar-refractivity contribution in [1.29, 1.82) is 0 Å². The van der Waals surface area contributed by atoms with E-state index in [-0.39, 0.29) is 5.92 Å². The van der Waals surface area contributed by atoms with E-state index in [9.17, 15) is 8.42 Å². The SMILES string of the molecule is CCOc1cc(C)c(C(C)C)cc1S(=O)(=O)N1CCC[C@H](C)C1. The van der Waals surface area contributed by atoms with Crippen LogP contribution in [0.25, 0.3) is 0 Å². The Balaban J connectivity index is 2.52. The van der Waals surface area contributed by atoms with Gasteiger partial charge < -0.3 is 4.74 Å². The van der Waals surface area contributed by atoms with Gasteiger partial charge in [-0.15, -0.1) is 0 Å². The van der Waals surface area contributed by atoms with Crippen LogP contribution in [0, 0.1) is 12.8 Å². The third kappa shape index (κ3) is 3.89. The Hall–Kier alpha value is -1.07. The van der Waals surface area contributed by atoms with Crippen LogP contribution in [0.5, 0.6) is 5.75 Å². The summed E-state index contributed by atoms with van der Waals surface area (Å²) in [6.07, 6.45) is 2.02. The highest BCUT2D eigenvalue weighted by atomic mass is 32.2. The summed E-state index contributed by atoms with van der Waals surface area (Å²) in [4.78, 5) is 0.322. The molecule has 23 heavy (non-hydrogen) atoms. The fourth-order valence-corrected chi connectivity index (χ4v) is 5.02. The van der Waals surface area contributed by atoms with E-state index in [1.165, 1.54) is 0 Å². The highest BCUT2D eigenvalue weighted by molar-refractivity contribution is 7.89. The molecule has 1 aromatic rings. The van der Waals surface area contributed by atoms with Crippen molar-refractivity contribution in [2.24, 2.45) is 5.92 Å². The van der Waals surface area contributed by atoms with Crippen molar-refractivity contribution in [3.05, 3.63) is 23.3 Å². The zero-order valence-electron chi connectivity index (χ0n) is 14.9. The topological polar surface area (TPSA) is 46.6 Å². The molecule has 0 unspecified atom stereocenters. The Morgan fingerprint density at radius 1 is 1.35 bits per heavy atom. The molecule has 1 atom stereocenters. The van der Waals surface area contributed by atoms with Crippen molar-refractivity contribution in [3.8, 4) is 5.75 Å². The number of benzene rings is 1. The maximum absolute atomic E-state index is 13.2. The largest absolute Gasteiger partial charge is 0.492 e. The summed E-state index contributed by atoms with van der Waals surface area (Å²) in [5, 5.41) is 0. The summed E-state index contributed by atoms with van der Waals surface area (Å²) < 4.78 is 33.6. The predicted octanol–water partition coefficient (Wildman–Crippen LogP) is 3.94. The van der Waals surface area contributed by atoms with Gasteiger partial charge in [-0.2, -0.15) is 4.31 Å². The van der Waals surface area contributed by atoms with Crippen molar-refractivity contribution in [3.63, 3.8) is 0 Å². The van der Waals surface area contributed by atoms with Gasteiger partial charge in [0.25, 0.3) is 0 Å². The molecule has 2 rings (SSSR count). The molecule has 130 valence electrons. The first-order valence-electron chi connectivity index (χ1n) is 8.54. The predicted molar refractivity (Wildman–Crippen MR) is 93.6 cm³/mol. The van der Waals surface area contributed by atoms with Crippen molar-refractivity contribution in [2.45, 2.75) is 58.3 Å². The first-order chi connectivity index (χ1) is 10.8. The molecule has 0 radical (unpaired) electrons. The van der Waals surface area contributed by atoms with Crippen molar-refractivity contribution < 1.29 is 13.2 Å². The molecule has 0 bridgehead atoms. The van der Waals surface area contributed by atoms with Gasteiger partial charge >= 0.3 is 0 Å². The van der Waals surface area contributed by atoms with Crippen LogP contribution in [0.2, 0.25) is 0 Å². The van der Waals surface area contributed by atoms with E-state index in [1.54, 1.807) is 4.31 Å². The van der Waals surface area contributed by atoms with Crippen LogP contribution in [0.4, 0.5) is 0 Å². The molecule has 1 aliphatic heterocycles. The normalized spacial score (nSPS) is 20.0. The smallest absolute Gasteiger partial charge is 0.246 e. The standard InChI is InChI=1S/C18H29NO3S/c1-6-22-17-10-15(5)16(13(2)3)11-18(17)23(20,21)19-9-7-8-14(4)12-19/h10-11,13-14H,6-9,12H2,1-5H3/t14-/m0/s1. The zero-order chi connectivity index (χ0) is 17.2. The Bertz CT molecular complexity index is 652. The first kappa shape index (κ1) is 18.3. The van der Waals surface area contributed by atoms with E-state index in [1.807, 2.05) is 26.0 Å². The fraction of sp³-hybridized carbons (Fsp3) is 0.667. The lowest BCUT2D eigenvalue weighted by atomic mass is 9.98. The zero-order valence-corrected chi connectivity index (χ0v) is 15.7. The molecule has 0 aliphatic carbocycles. The number of rotatable bonds is 5. The van der Waals surface area contributed by atoms with Crippen LogP contribution in [-0.2, 0) is 10.0 Å². The third-order valence-corrected chi connectivity index (χ3v) is 6.38. The van der Waals surface area contributed by atoms with E-state index in [0.29, 0.717) is 36.3 Å². The number of piperidine rings is 1. The van der Waals surface area contributed by atoms with E-state index >= 15 is 0 Å². The number of aryl methyl sites for hydroxylation is 1. The second kappa shape index (κ2) is 7.22. The quantitative estimate of drug-likeness (QED) is 0.816. The van der Waals surface area contributed by atoms with E-state index < -0.39 is 10.0 Å². The van der Waals surface area contributed by atoms with Gasteiger partial charge in [-0.1, -0.05) is 20.8 Å². The molecule has 4 nitrogen and oxygen atoms in total. The van der Waals surface area contributed by atoms with Crippen LogP contribution in [0.15, 0.2) is 17.0 Å². The second-order valence-electron chi connectivity index (χ2n) is 6.85. The molecule has 0 amide bonds. The van der Waals surface area contributed by atoms with E-state index in [0.717, 1.165) is 24.0 Å². The Labute approximate surface area is 140 Å². The molecule has 0 spiro atoms. The van der Waals surface area contributed by atoms with E-state index in [4.69, 9.17) is 4.74 Å². The van der Waals surface area contributed by atoms with Gasteiger partial charge in [-0.25, -0.2) is 8.42 Å². The van der Waals surface area contributed by atoms with Gasteiger partial charge in [0.15, 0.2) is 0 Å². The summed E-state index contributed by atoms with van der Waals surface area (Å²) in [7, 11) is -3.51. The van der Waals surface area contributed by atoms with Gasteiger partial charge in [0.2, 0.25) is 10.0 Å². The first-order valence-corrected chi connectivity index (χ1v) is 9.98.